The van der Waals surface area contributed by atoms with E-state index in [1.54, 1.807) is 30.3 Å². The molecule has 0 saturated carbocycles. The molecule has 26 heavy (non-hydrogen) atoms. The number of methoxy groups -OCH3 is 1. The van der Waals surface area contributed by atoms with E-state index in [-0.39, 0.29) is 0 Å². The largest absolute Gasteiger partial charge is 0.465 e. The molecule has 0 heterocycles. The van der Waals surface area contributed by atoms with E-state index in [0.717, 1.165) is 11.1 Å². The molecule has 0 bridgehead atoms. The maximum Gasteiger partial charge on any atom is 0.337 e. The van der Waals surface area contributed by atoms with Crippen LogP contribution in [0, 0.1) is 13.8 Å². The van der Waals surface area contributed by atoms with Crippen molar-refractivity contribution in [3.63, 3.8) is 0 Å². The molecule has 0 unspecified atom stereocenters. The minimum Gasteiger partial charge on any atom is -0.465 e. The molecular formula is C19H19N3O4. The van der Waals surface area contributed by atoms with Crippen LogP contribution in [0.1, 0.15) is 27.0 Å². The van der Waals surface area contributed by atoms with Gasteiger partial charge in [-0.25, -0.2) is 10.2 Å². The van der Waals surface area contributed by atoms with Crippen molar-refractivity contribution in [3.05, 3.63) is 64.7 Å². The third-order valence-electron chi connectivity index (χ3n) is 3.56. The first-order valence-corrected chi connectivity index (χ1v) is 7.80. The third kappa shape index (κ3) is 5.01. The number of esters is 1. The highest BCUT2D eigenvalue weighted by Crippen LogP contribution is 2.16. The second-order valence-electron chi connectivity index (χ2n) is 5.59. The van der Waals surface area contributed by atoms with Gasteiger partial charge in [-0.3, -0.25) is 9.59 Å². The van der Waals surface area contributed by atoms with Crippen LogP contribution in [0.2, 0.25) is 0 Å². The van der Waals surface area contributed by atoms with Crippen LogP contribution in [-0.2, 0) is 14.3 Å². The van der Waals surface area contributed by atoms with E-state index in [4.69, 9.17) is 0 Å². The first-order valence-electron chi connectivity index (χ1n) is 7.80. The molecule has 2 aromatic rings. The Balaban J connectivity index is 1.93. The normalized spacial score (nSPS) is 10.4. The molecule has 0 aliphatic heterocycles. The van der Waals surface area contributed by atoms with Crippen molar-refractivity contribution in [2.45, 2.75) is 13.8 Å². The number of nitrogens with zero attached hydrogens (tertiary/aromatic N) is 1. The number of nitrogens with one attached hydrogen (secondary N) is 2. The van der Waals surface area contributed by atoms with Gasteiger partial charge in [0.2, 0.25) is 0 Å². The molecule has 0 aromatic heterocycles. The molecule has 7 heteroatoms. The molecule has 0 saturated heterocycles. The summed E-state index contributed by atoms with van der Waals surface area (Å²) in [6, 6.07) is 12.0. The van der Waals surface area contributed by atoms with Crippen LogP contribution in [0.4, 0.5) is 5.69 Å². The quantitative estimate of drug-likeness (QED) is 0.381. The van der Waals surface area contributed by atoms with E-state index in [9.17, 15) is 14.4 Å². The molecular weight excluding hydrogens is 334 g/mol. The highest BCUT2D eigenvalue weighted by Gasteiger charge is 2.14. The number of benzene rings is 2. The molecule has 2 rings (SSSR count). The number of hydrogen-bond acceptors (Lipinski definition) is 5. The lowest BCUT2D eigenvalue weighted by atomic mass is 10.1. The van der Waals surface area contributed by atoms with Gasteiger partial charge in [-0.1, -0.05) is 24.3 Å². The Morgan fingerprint density at radius 1 is 1.00 bits per heavy atom. The minimum absolute atomic E-state index is 0.404. The van der Waals surface area contributed by atoms with E-state index in [2.05, 4.69) is 20.6 Å². The zero-order chi connectivity index (χ0) is 19.1. The van der Waals surface area contributed by atoms with E-state index in [1.807, 2.05) is 26.0 Å². The average molecular weight is 353 g/mol. The lowest BCUT2D eigenvalue weighted by molar-refractivity contribution is -0.136. The zero-order valence-corrected chi connectivity index (χ0v) is 14.7. The number of hydrogen-bond donors (Lipinski definition) is 2. The molecule has 2 amide bonds. The van der Waals surface area contributed by atoms with Gasteiger partial charge in [-0.2, -0.15) is 5.10 Å². The molecule has 134 valence electrons. The van der Waals surface area contributed by atoms with Crippen LogP contribution in [0.25, 0.3) is 0 Å². The first kappa shape index (κ1) is 18.9. The summed E-state index contributed by atoms with van der Waals surface area (Å²) in [6.07, 6.45) is 1.37. The van der Waals surface area contributed by atoms with Crippen molar-refractivity contribution in [1.29, 1.82) is 0 Å². The number of carbonyl (C=O) groups excluding carboxylic acids is 3. The van der Waals surface area contributed by atoms with Gasteiger partial charge in [-0.15, -0.1) is 0 Å². The smallest absolute Gasteiger partial charge is 0.337 e. The van der Waals surface area contributed by atoms with Gasteiger partial charge in [0.15, 0.2) is 0 Å². The number of ether oxygens (including phenoxy) is 1. The molecule has 0 aliphatic rings. The lowest BCUT2D eigenvalue weighted by Gasteiger charge is -2.08. The van der Waals surface area contributed by atoms with Crippen molar-refractivity contribution >= 4 is 29.7 Å². The highest BCUT2D eigenvalue weighted by atomic mass is 16.5. The van der Waals surface area contributed by atoms with Gasteiger partial charge in [0.05, 0.1) is 18.9 Å². The summed E-state index contributed by atoms with van der Waals surface area (Å²) >= 11 is 0. The predicted molar refractivity (Wildman–Crippen MR) is 98.1 cm³/mol. The number of aryl methyl sites for hydroxylation is 2. The number of amides is 2. The highest BCUT2D eigenvalue weighted by molar-refractivity contribution is 6.39. The summed E-state index contributed by atoms with van der Waals surface area (Å²) in [5.74, 6) is -2.13. The summed E-state index contributed by atoms with van der Waals surface area (Å²) in [5.41, 5.74) is 5.61. The maximum absolute atomic E-state index is 11.9. The molecule has 0 fully saturated rings. The zero-order valence-electron chi connectivity index (χ0n) is 14.7. The molecule has 2 aromatic carbocycles. The van der Waals surface area contributed by atoms with Crippen molar-refractivity contribution in [2.75, 3.05) is 12.4 Å². The first-order chi connectivity index (χ1) is 12.4. The van der Waals surface area contributed by atoms with Gasteiger partial charge in [0, 0.05) is 5.69 Å². The Hall–Kier alpha value is -3.48. The van der Waals surface area contributed by atoms with Gasteiger partial charge >= 0.3 is 17.8 Å². The molecule has 0 spiro atoms. The van der Waals surface area contributed by atoms with Crippen LogP contribution < -0.4 is 10.7 Å². The Morgan fingerprint density at radius 2 is 1.69 bits per heavy atom. The topological polar surface area (TPSA) is 96.9 Å². The Kier molecular flexibility index (Phi) is 6.21. The predicted octanol–water partition coefficient (Wildman–Crippen LogP) is 2.18. The summed E-state index contributed by atoms with van der Waals surface area (Å²) in [5, 5.41) is 6.29. The summed E-state index contributed by atoms with van der Waals surface area (Å²) < 4.78 is 4.61. The van der Waals surface area contributed by atoms with Gasteiger partial charge in [0.1, 0.15) is 0 Å². The third-order valence-corrected chi connectivity index (χ3v) is 3.56. The van der Waals surface area contributed by atoms with E-state index in [0.29, 0.717) is 16.8 Å². The Morgan fingerprint density at radius 3 is 2.35 bits per heavy atom. The second kappa shape index (κ2) is 8.57. The van der Waals surface area contributed by atoms with Crippen molar-refractivity contribution in [2.24, 2.45) is 5.10 Å². The maximum atomic E-state index is 11.9. The Labute approximate surface area is 151 Å². The molecule has 0 atom stereocenters. The fraction of sp³-hybridized carbons (Fsp3) is 0.158. The van der Waals surface area contributed by atoms with E-state index < -0.39 is 17.8 Å². The Bertz CT molecular complexity index is 858. The number of anilines is 1. The molecule has 0 aliphatic carbocycles. The number of hydrazone groups is 1. The van der Waals surface area contributed by atoms with Crippen molar-refractivity contribution < 1.29 is 19.1 Å². The average Bonchev–Trinajstić information content (AvgIpc) is 2.64. The second-order valence-corrected chi connectivity index (χ2v) is 5.59. The van der Waals surface area contributed by atoms with Crippen LogP contribution in [-0.4, -0.2) is 31.1 Å². The number of rotatable bonds is 4. The minimum atomic E-state index is -0.881. The standard InChI is InChI=1S/C19H19N3O4/c1-12-4-5-13(2)16(10-12)21-17(23)18(24)22-20-11-14-6-8-15(9-7-14)19(25)26-3/h4-11H,1-3H3,(H,21,23)(H,22,24). The summed E-state index contributed by atoms with van der Waals surface area (Å²) in [7, 11) is 1.30. The van der Waals surface area contributed by atoms with Crippen LogP contribution in [0.15, 0.2) is 47.6 Å². The van der Waals surface area contributed by atoms with Crippen molar-refractivity contribution in [3.8, 4) is 0 Å². The monoisotopic (exact) mass is 353 g/mol. The molecule has 2 N–H and O–H groups in total. The van der Waals surface area contributed by atoms with Crippen LogP contribution in [0.5, 0.6) is 0 Å². The van der Waals surface area contributed by atoms with Gasteiger partial charge in [0.25, 0.3) is 0 Å². The summed E-state index contributed by atoms with van der Waals surface area (Å²) in [4.78, 5) is 35.1. The van der Waals surface area contributed by atoms with Crippen molar-refractivity contribution in [1.82, 2.24) is 5.43 Å². The fourth-order valence-electron chi connectivity index (χ4n) is 2.09. The van der Waals surface area contributed by atoms with E-state index >= 15 is 0 Å². The number of carbonyl (C=O) groups is 3. The fourth-order valence-corrected chi connectivity index (χ4v) is 2.09. The molecule has 0 radical (unpaired) electrons. The summed E-state index contributed by atoms with van der Waals surface area (Å²) in [6.45, 7) is 3.73. The SMILES string of the molecule is COC(=O)c1ccc(C=NNC(=O)C(=O)Nc2cc(C)ccc2C)cc1. The van der Waals surface area contributed by atoms with E-state index in [1.165, 1.54) is 13.3 Å². The van der Waals surface area contributed by atoms with Gasteiger partial charge in [-0.05, 0) is 48.7 Å². The molecule has 7 nitrogen and oxygen atoms in total. The lowest BCUT2D eigenvalue weighted by Crippen LogP contribution is -2.32. The van der Waals surface area contributed by atoms with Crippen LogP contribution in [0.3, 0.4) is 0 Å². The van der Waals surface area contributed by atoms with Crippen LogP contribution >= 0.6 is 0 Å². The van der Waals surface area contributed by atoms with Gasteiger partial charge < -0.3 is 10.1 Å².